The molecule has 0 aromatic heterocycles. The molecule has 4 nitrogen and oxygen atoms in total. The Bertz CT molecular complexity index is 739. The summed E-state index contributed by atoms with van der Waals surface area (Å²) >= 11 is 19.4. The van der Waals surface area contributed by atoms with Gasteiger partial charge in [-0.05, 0) is 78.1 Å². The van der Waals surface area contributed by atoms with E-state index in [1.54, 1.807) is 12.1 Å². The summed E-state index contributed by atoms with van der Waals surface area (Å²) in [7, 11) is 0. The van der Waals surface area contributed by atoms with Crippen molar-refractivity contribution in [1.82, 2.24) is 10.6 Å². The van der Waals surface area contributed by atoms with Crippen LogP contribution in [0.4, 0.5) is 5.69 Å². The van der Waals surface area contributed by atoms with Crippen LogP contribution >= 0.6 is 58.0 Å². The second kappa shape index (κ2) is 9.56. The fourth-order valence-corrected chi connectivity index (χ4v) is 2.79. The fraction of sp³-hybridized carbons (Fsp3) is 0.176. The molecule has 0 aliphatic heterocycles. The molecule has 0 radical (unpaired) electrons. The number of nitrogens with one attached hydrogen (secondary N) is 3. The monoisotopic (exact) mass is 507 g/mol. The van der Waals surface area contributed by atoms with Gasteiger partial charge in [-0.3, -0.25) is 4.79 Å². The van der Waals surface area contributed by atoms with Gasteiger partial charge in [0.2, 0.25) is 0 Å². The maximum Gasteiger partial charge on any atom is 0.252 e. The van der Waals surface area contributed by atoms with Crippen molar-refractivity contribution in [1.29, 1.82) is 0 Å². The lowest BCUT2D eigenvalue weighted by Crippen LogP contribution is -2.52. The lowest BCUT2D eigenvalue weighted by atomic mass is 10.1. The molecule has 0 unspecified atom stereocenters. The zero-order valence-electron chi connectivity index (χ0n) is 13.2. The Balaban J connectivity index is 1.97. The highest BCUT2D eigenvalue weighted by molar-refractivity contribution is 14.1. The zero-order chi connectivity index (χ0) is 18.4. The van der Waals surface area contributed by atoms with E-state index in [9.17, 15) is 4.79 Å². The molecule has 0 spiro atoms. The van der Waals surface area contributed by atoms with E-state index in [1.807, 2.05) is 43.3 Å². The van der Waals surface area contributed by atoms with Crippen molar-refractivity contribution in [2.75, 3.05) is 5.32 Å². The van der Waals surface area contributed by atoms with E-state index in [0.717, 1.165) is 14.8 Å². The van der Waals surface area contributed by atoms with Gasteiger partial charge in [-0.1, -0.05) is 17.7 Å². The van der Waals surface area contributed by atoms with E-state index >= 15 is 0 Å². The van der Waals surface area contributed by atoms with E-state index in [-0.39, 0.29) is 5.91 Å². The molecule has 0 aliphatic rings. The van der Waals surface area contributed by atoms with Crippen LogP contribution in [0.1, 0.15) is 15.9 Å². The van der Waals surface area contributed by atoms with Crippen LogP contribution < -0.4 is 16.0 Å². The Labute approximate surface area is 175 Å². The molecule has 1 amide bonds. The number of hydrogen-bond donors (Lipinski definition) is 3. The van der Waals surface area contributed by atoms with Crippen LogP contribution in [0, 0.1) is 10.5 Å². The summed E-state index contributed by atoms with van der Waals surface area (Å²) < 4.78 is 1.12. The van der Waals surface area contributed by atoms with Gasteiger partial charge < -0.3 is 16.0 Å². The number of benzene rings is 2. The number of aryl methyl sites for hydroxylation is 1. The summed E-state index contributed by atoms with van der Waals surface area (Å²) in [5.41, 5.74) is 2.41. The van der Waals surface area contributed by atoms with Crippen LogP contribution in [0.2, 0.25) is 0 Å². The molecule has 0 fully saturated rings. The first-order valence-electron chi connectivity index (χ1n) is 7.34. The minimum Gasteiger partial charge on any atom is -0.340 e. The molecule has 2 aromatic carbocycles. The average Bonchev–Trinajstić information content (AvgIpc) is 2.56. The van der Waals surface area contributed by atoms with Crippen LogP contribution in [-0.2, 0) is 0 Å². The number of rotatable bonds is 5. The molecular formula is C17H16Cl2IN3OS. The van der Waals surface area contributed by atoms with Gasteiger partial charge in [-0.15, -0.1) is 23.2 Å². The highest BCUT2D eigenvalue weighted by atomic mass is 127. The largest absolute Gasteiger partial charge is 0.340 e. The van der Waals surface area contributed by atoms with Gasteiger partial charge in [-0.2, -0.15) is 0 Å². The Morgan fingerprint density at radius 1 is 1.04 bits per heavy atom. The smallest absolute Gasteiger partial charge is 0.252 e. The van der Waals surface area contributed by atoms with Gasteiger partial charge >= 0.3 is 0 Å². The predicted octanol–water partition coefficient (Wildman–Crippen LogP) is 4.45. The molecule has 0 bridgehead atoms. The standard InChI is InChI=1S/C17H16Cl2IN3OS/c1-10-2-4-11(5-3-10)16(24)22-15(14(18)19)23-17(25)21-13-8-6-12(20)7-9-13/h2-9,14-15H,1H3,(H,22,24)(H2,21,23,25)/t15-/m1/s1. The molecule has 25 heavy (non-hydrogen) atoms. The molecule has 0 saturated carbocycles. The van der Waals surface area contributed by atoms with Crippen LogP contribution in [0.15, 0.2) is 48.5 Å². The summed E-state index contributed by atoms with van der Waals surface area (Å²) in [6.07, 6.45) is -0.735. The fourth-order valence-electron chi connectivity index (χ4n) is 1.93. The summed E-state index contributed by atoms with van der Waals surface area (Å²) in [5.74, 6) is -0.291. The summed E-state index contributed by atoms with van der Waals surface area (Å²) in [6.45, 7) is 1.95. The number of halogens is 3. The molecule has 2 rings (SSSR count). The van der Waals surface area contributed by atoms with Crippen LogP contribution in [0.5, 0.6) is 0 Å². The van der Waals surface area contributed by atoms with Gasteiger partial charge in [0.25, 0.3) is 5.91 Å². The van der Waals surface area contributed by atoms with Gasteiger partial charge in [0.1, 0.15) is 11.0 Å². The summed E-state index contributed by atoms with van der Waals surface area (Å²) in [5, 5.41) is 8.98. The zero-order valence-corrected chi connectivity index (χ0v) is 17.7. The van der Waals surface area contributed by atoms with Gasteiger partial charge in [0.15, 0.2) is 5.11 Å². The Hall–Kier alpha value is -1.09. The maximum atomic E-state index is 12.3. The Morgan fingerprint density at radius 3 is 2.20 bits per heavy atom. The lowest BCUT2D eigenvalue weighted by molar-refractivity contribution is 0.0936. The minimum atomic E-state index is -0.883. The van der Waals surface area contributed by atoms with Crippen molar-refractivity contribution in [2.45, 2.75) is 17.9 Å². The van der Waals surface area contributed by atoms with E-state index in [0.29, 0.717) is 10.7 Å². The van der Waals surface area contributed by atoms with Crippen molar-refractivity contribution < 1.29 is 4.79 Å². The van der Waals surface area contributed by atoms with Crippen LogP contribution in [0.25, 0.3) is 0 Å². The number of anilines is 1. The minimum absolute atomic E-state index is 0.291. The Morgan fingerprint density at radius 2 is 1.64 bits per heavy atom. The first-order valence-corrected chi connectivity index (χ1v) is 9.70. The van der Waals surface area contributed by atoms with Crippen molar-refractivity contribution in [3.63, 3.8) is 0 Å². The number of alkyl halides is 2. The first-order chi connectivity index (χ1) is 11.8. The third-order valence-corrected chi connectivity index (χ3v) is 4.68. The highest BCUT2D eigenvalue weighted by Gasteiger charge is 2.21. The third-order valence-electron chi connectivity index (χ3n) is 3.24. The van der Waals surface area contributed by atoms with E-state index in [4.69, 9.17) is 35.4 Å². The van der Waals surface area contributed by atoms with Crippen molar-refractivity contribution in [3.8, 4) is 0 Å². The molecular weight excluding hydrogens is 492 g/mol. The number of thiocarbonyl (C=S) groups is 1. The van der Waals surface area contributed by atoms with Crippen LogP contribution in [-0.4, -0.2) is 22.0 Å². The van der Waals surface area contributed by atoms with Crippen LogP contribution in [0.3, 0.4) is 0 Å². The third kappa shape index (κ3) is 6.62. The normalized spacial score (nSPS) is 11.7. The topological polar surface area (TPSA) is 53.2 Å². The average molecular weight is 508 g/mol. The van der Waals surface area contributed by atoms with Gasteiger partial charge in [0, 0.05) is 14.8 Å². The van der Waals surface area contributed by atoms with Crippen molar-refractivity contribution >= 4 is 74.7 Å². The number of carbonyl (C=O) groups excluding carboxylic acids is 1. The molecule has 0 aliphatic carbocycles. The summed E-state index contributed by atoms with van der Waals surface area (Å²) in [6, 6.07) is 14.9. The molecule has 0 saturated heterocycles. The molecule has 3 N–H and O–H groups in total. The number of amides is 1. The number of carbonyl (C=O) groups is 1. The second-order valence-corrected chi connectivity index (χ2v) is 8.07. The second-order valence-electron chi connectivity index (χ2n) is 5.26. The molecule has 1 atom stereocenters. The van der Waals surface area contributed by atoms with E-state index in [2.05, 4.69) is 38.5 Å². The van der Waals surface area contributed by atoms with Crippen molar-refractivity contribution in [3.05, 3.63) is 63.2 Å². The van der Waals surface area contributed by atoms with Crippen molar-refractivity contribution in [2.24, 2.45) is 0 Å². The first kappa shape index (κ1) is 20.2. The predicted molar refractivity (Wildman–Crippen MR) is 116 cm³/mol. The quantitative estimate of drug-likeness (QED) is 0.242. The summed E-state index contributed by atoms with van der Waals surface area (Å²) in [4.78, 5) is 11.4. The lowest BCUT2D eigenvalue weighted by Gasteiger charge is -2.23. The highest BCUT2D eigenvalue weighted by Crippen LogP contribution is 2.12. The molecule has 132 valence electrons. The Kier molecular flexibility index (Phi) is 7.74. The molecule has 0 heterocycles. The van der Waals surface area contributed by atoms with E-state index < -0.39 is 11.0 Å². The SMILES string of the molecule is Cc1ccc(C(=O)N[C@H](NC(=S)Nc2ccc(I)cc2)C(Cl)Cl)cc1. The molecule has 8 heteroatoms. The van der Waals surface area contributed by atoms with Gasteiger partial charge in [0.05, 0.1) is 0 Å². The molecule has 2 aromatic rings. The van der Waals surface area contributed by atoms with Gasteiger partial charge in [-0.25, -0.2) is 0 Å². The van der Waals surface area contributed by atoms with E-state index in [1.165, 1.54) is 0 Å². The number of hydrogen-bond acceptors (Lipinski definition) is 2. The maximum absolute atomic E-state index is 12.3.